The lowest BCUT2D eigenvalue weighted by Crippen LogP contribution is -2.21. The molecular weight excluding hydrogens is 156 g/mol. The molecule has 0 saturated heterocycles. The minimum Gasteiger partial charge on any atom is -0.0625 e. The third-order valence-electron chi connectivity index (χ3n) is 4.36. The summed E-state index contributed by atoms with van der Waals surface area (Å²) in [6.45, 7) is 12.0. The van der Waals surface area contributed by atoms with Crippen LogP contribution >= 0.6 is 0 Å². The van der Waals surface area contributed by atoms with Crippen molar-refractivity contribution in [2.45, 2.75) is 53.9 Å². The average Bonchev–Trinajstić information content (AvgIpc) is 2.49. The first-order valence-corrected chi connectivity index (χ1v) is 6.02. The van der Waals surface area contributed by atoms with Gasteiger partial charge < -0.3 is 0 Å². The van der Waals surface area contributed by atoms with Gasteiger partial charge in [0.25, 0.3) is 0 Å². The van der Waals surface area contributed by atoms with E-state index in [2.05, 4.69) is 34.6 Å². The van der Waals surface area contributed by atoms with Crippen LogP contribution in [0.25, 0.3) is 0 Å². The van der Waals surface area contributed by atoms with Crippen LogP contribution in [-0.2, 0) is 0 Å². The van der Waals surface area contributed by atoms with Crippen LogP contribution in [0.4, 0.5) is 0 Å². The Morgan fingerprint density at radius 2 is 1.62 bits per heavy atom. The molecule has 4 atom stereocenters. The van der Waals surface area contributed by atoms with E-state index < -0.39 is 0 Å². The lowest BCUT2D eigenvalue weighted by molar-refractivity contribution is 0.211. The molecule has 0 bridgehead atoms. The highest BCUT2D eigenvalue weighted by molar-refractivity contribution is 4.80. The molecule has 4 unspecified atom stereocenters. The molecule has 0 aromatic heterocycles. The molecule has 1 saturated carbocycles. The maximum absolute atomic E-state index is 2.47. The Morgan fingerprint density at radius 3 is 2.00 bits per heavy atom. The van der Waals surface area contributed by atoms with Crippen molar-refractivity contribution in [3.8, 4) is 0 Å². The molecule has 0 amide bonds. The van der Waals surface area contributed by atoms with E-state index in [9.17, 15) is 0 Å². The standard InChI is InChI=1S/C13H26/c1-9(2)11(4)12(5)13-7-6-10(3)8-13/h9-13H,6-8H2,1-5H3. The summed E-state index contributed by atoms with van der Waals surface area (Å²) >= 11 is 0. The van der Waals surface area contributed by atoms with Crippen molar-refractivity contribution >= 4 is 0 Å². The van der Waals surface area contributed by atoms with Crippen molar-refractivity contribution in [1.29, 1.82) is 0 Å². The van der Waals surface area contributed by atoms with E-state index in [0.29, 0.717) is 0 Å². The first-order valence-electron chi connectivity index (χ1n) is 6.02. The van der Waals surface area contributed by atoms with Crippen LogP contribution in [0.3, 0.4) is 0 Å². The molecule has 0 N–H and O–H groups in total. The van der Waals surface area contributed by atoms with Gasteiger partial charge in [-0.25, -0.2) is 0 Å². The molecule has 1 aliphatic rings. The fourth-order valence-corrected chi connectivity index (χ4v) is 2.77. The van der Waals surface area contributed by atoms with Crippen molar-refractivity contribution in [2.24, 2.45) is 29.6 Å². The minimum absolute atomic E-state index is 0.853. The maximum atomic E-state index is 2.47. The van der Waals surface area contributed by atoms with E-state index >= 15 is 0 Å². The van der Waals surface area contributed by atoms with Gasteiger partial charge in [0.15, 0.2) is 0 Å². The van der Waals surface area contributed by atoms with Crippen LogP contribution in [-0.4, -0.2) is 0 Å². The summed E-state index contributed by atoms with van der Waals surface area (Å²) in [5, 5.41) is 0. The minimum atomic E-state index is 0.853. The molecule has 0 aliphatic heterocycles. The molecule has 1 aliphatic carbocycles. The van der Waals surface area contributed by atoms with Gasteiger partial charge in [0, 0.05) is 0 Å². The highest BCUT2D eigenvalue weighted by Gasteiger charge is 2.29. The highest BCUT2D eigenvalue weighted by atomic mass is 14.3. The van der Waals surface area contributed by atoms with E-state index in [-0.39, 0.29) is 0 Å². The first kappa shape index (κ1) is 11.1. The van der Waals surface area contributed by atoms with Crippen LogP contribution in [0.2, 0.25) is 0 Å². The zero-order valence-electron chi connectivity index (χ0n) is 10.0. The molecule has 0 spiro atoms. The highest BCUT2D eigenvalue weighted by Crippen LogP contribution is 2.39. The van der Waals surface area contributed by atoms with Gasteiger partial charge >= 0.3 is 0 Å². The summed E-state index contributed by atoms with van der Waals surface area (Å²) in [6.07, 6.45) is 4.44. The Labute approximate surface area is 84.1 Å². The van der Waals surface area contributed by atoms with Gasteiger partial charge in [0.05, 0.1) is 0 Å². The van der Waals surface area contributed by atoms with E-state index in [4.69, 9.17) is 0 Å². The van der Waals surface area contributed by atoms with E-state index in [1.54, 1.807) is 0 Å². The van der Waals surface area contributed by atoms with Crippen molar-refractivity contribution < 1.29 is 0 Å². The Kier molecular flexibility index (Phi) is 3.82. The molecule has 1 fully saturated rings. The van der Waals surface area contributed by atoms with Gasteiger partial charge in [-0.05, 0) is 42.4 Å². The molecule has 0 nitrogen and oxygen atoms in total. The lowest BCUT2D eigenvalue weighted by atomic mass is 9.77. The Bertz CT molecular complexity index is 148. The topological polar surface area (TPSA) is 0 Å². The van der Waals surface area contributed by atoms with Crippen LogP contribution in [0.5, 0.6) is 0 Å². The third kappa shape index (κ3) is 2.72. The monoisotopic (exact) mass is 182 g/mol. The maximum Gasteiger partial charge on any atom is -0.0383 e. The average molecular weight is 182 g/mol. The predicted molar refractivity (Wildman–Crippen MR) is 59.7 cm³/mol. The molecule has 0 aromatic rings. The van der Waals surface area contributed by atoms with Gasteiger partial charge in [0.1, 0.15) is 0 Å². The zero-order chi connectivity index (χ0) is 10.0. The van der Waals surface area contributed by atoms with E-state index in [1.807, 2.05) is 0 Å². The SMILES string of the molecule is CC1CCC(C(C)C(C)C(C)C)C1. The quantitative estimate of drug-likeness (QED) is 0.608. The lowest BCUT2D eigenvalue weighted by Gasteiger charge is -2.28. The van der Waals surface area contributed by atoms with Gasteiger partial charge in [-0.1, -0.05) is 41.0 Å². The number of hydrogen-bond acceptors (Lipinski definition) is 0. The number of hydrogen-bond donors (Lipinski definition) is 0. The largest absolute Gasteiger partial charge is 0.0625 e. The smallest absolute Gasteiger partial charge is 0.0383 e. The third-order valence-corrected chi connectivity index (χ3v) is 4.36. The molecule has 0 heterocycles. The zero-order valence-corrected chi connectivity index (χ0v) is 10.0. The van der Waals surface area contributed by atoms with Crippen LogP contribution in [0, 0.1) is 29.6 Å². The van der Waals surface area contributed by atoms with E-state index in [1.165, 1.54) is 19.3 Å². The van der Waals surface area contributed by atoms with Crippen LogP contribution in [0.15, 0.2) is 0 Å². The van der Waals surface area contributed by atoms with Crippen molar-refractivity contribution in [3.63, 3.8) is 0 Å². The second-order valence-corrected chi connectivity index (χ2v) is 5.64. The normalized spacial score (nSPS) is 33.7. The molecular formula is C13H26. The Hall–Kier alpha value is 0. The van der Waals surface area contributed by atoms with Crippen LogP contribution < -0.4 is 0 Å². The summed E-state index contributed by atoms with van der Waals surface area (Å²) in [5.41, 5.74) is 0. The Morgan fingerprint density at radius 1 is 1.00 bits per heavy atom. The summed E-state index contributed by atoms with van der Waals surface area (Å²) < 4.78 is 0. The summed E-state index contributed by atoms with van der Waals surface area (Å²) in [5.74, 6) is 4.70. The molecule has 0 heteroatoms. The fraction of sp³-hybridized carbons (Fsp3) is 1.00. The van der Waals surface area contributed by atoms with Gasteiger partial charge in [-0.15, -0.1) is 0 Å². The molecule has 78 valence electrons. The summed E-state index contributed by atoms with van der Waals surface area (Å²) in [6, 6.07) is 0. The molecule has 1 rings (SSSR count). The van der Waals surface area contributed by atoms with Gasteiger partial charge in [-0.3, -0.25) is 0 Å². The predicted octanol–water partition coefficient (Wildman–Crippen LogP) is 4.35. The fourth-order valence-electron chi connectivity index (χ4n) is 2.77. The molecule has 0 radical (unpaired) electrons. The van der Waals surface area contributed by atoms with Gasteiger partial charge in [0.2, 0.25) is 0 Å². The number of rotatable bonds is 3. The van der Waals surface area contributed by atoms with Crippen LogP contribution in [0.1, 0.15) is 53.9 Å². The first-order chi connectivity index (χ1) is 6.02. The Balaban J connectivity index is 2.43. The summed E-state index contributed by atoms with van der Waals surface area (Å²) in [4.78, 5) is 0. The molecule has 13 heavy (non-hydrogen) atoms. The second-order valence-electron chi connectivity index (χ2n) is 5.64. The summed E-state index contributed by atoms with van der Waals surface area (Å²) in [7, 11) is 0. The molecule has 0 aromatic carbocycles. The van der Waals surface area contributed by atoms with E-state index in [0.717, 1.165) is 29.6 Å². The van der Waals surface area contributed by atoms with Crippen molar-refractivity contribution in [3.05, 3.63) is 0 Å². The van der Waals surface area contributed by atoms with Crippen molar-refractivity contribution in [1.82, 2.24) is 0 Å². The van der Waals surface area contributed by atoms with Crippen molar-refractivity contribution in [2.75, 3.05) is 0 Å². The second kappa shape index (κ2) is 4.48. The van der Waals surface area contributed by atoms with Gasteiger partial charge in [-0.2, -0.15) is 0 Å².